The molecule has 29 heavy (non-hydrogen) atoms. The molecular formula is C21H37N6PS. The third kappa shape index (κ3) is 5.27. The first-order valence-electron chi connectivity index (χ1n) is 10.9. The van der Waals surface area contributed by atoms with Crippen molar-refractivity contribution in [1.29, 1.82) is 0 Å². The molecule has 162 valence electrons. The minimum atomic E-state index is -2.15. The summed E-state index contributed by atoms with van der Waals surface area (Å²) in [5.74, 6) is 0. The molecule has 0 N–H and O–H groups in total. The number of hydrogen-bond acceptors (Lipinski definition) is 4. The van der Waals surface area contributed by atoms with Gasteiger partial charge in [-0.1, -0.05) is 43.9 Å². The fourth-order valence-electron chi connectivity index (χ4n) is 4.09. The smallest absolute Gasteiger partial charge is 0.167 e. The Hall–Kier alpha value is -0.820. The average Bonchev–Trinajstić information content (AvgIpc) is 2.77. The normalized spacial score (nSPS) is 22.8. The molecule has 1 aromatic carbocycles. The van der Waals surface area contributed by atoms with E-state index < -0.39 is 6.34 Å². The van der Waals surface area contributed by atoms with Crippen molar-refractivity contribution in [3.8, 4) is 0 Å². The number of likely N-dealkylation sites (N-methyl/N-ethyl adjacent to an activating group) is 2. The monoisotopic (exact) mass is 436 g/mol. The van der Waals surface area contributed by atoms with Gasteiger partial charge in [0.2, 0.25) is 0 Å². The quantitative estimate of drug-likeness (QED) is 0.387. The summed E-state index contributed by atoms with van der Waals surface area (Å²) in [5.41, 5.74) is 2.12. The summed E-state index contributed by atoms with van der Waals surface area (Å²) in [6.07, 6.45) is -2.15. The molecule has 2 aliphatic heterocycles. The molecule has 0 aliphatic carbocycles. The van der Waals surface area contributed by atoms with Crippen LogP contribution in [-0.2, 0) is 11.8 Å². The van der Waals surface area contributed by atoms with Gasteiger partial charge >= 0.3 is 0 Å². The maximum absolute atomic E-state index is 6.54. The Morgan fingerprint density at radius 3 is 1.90 bits per heavy atom. The maximum atomic E-state index is 6.54. The lowest BCUT2D eigenvalue weighted by atomic mass is 10.3. The largest absolute Gasteiger partial charge is 0.351 e. The molecule has 1 aromatic rings. The molecular weight excluding hydrogens is 399 g/mol. The van der Waals surface area contributed by atoms with Crippen LogP contribution in [-0.4, -0.2) is 109 Å². The van der Waals surface area contributed by atoms with Crippen molar-refractivity contribution in [2.45, 2.75) is 13.8 Å². The summed E-state index contributed by atoms with van der Waals surface area (Å²) in [7, 11) is 4.30. The van der Waals surface area contributed by atoms with Crippen LogP contribution in [0.15, 0.2) is 35.3 Å². The van der Waals surface area contributed by atoms with Gasteiger partial charge in [-0.15, -0.1) is 0 Å². The minimum absolute atomic E-state index is 1.00. The summed E-state index contributed by atoms with van der Waals surface area (Å²) < 4.78 is 4.85. The number of benzene rings is 1. The van der Waals surface area contributed by atoms with E-state index in [4.69, 9.17) is 16.8 Å². The summed E-state index contributed by atoms with van der Waals surface area (Å²) >= 11 is 6.54. The van der Waals surface area contributed by atoms with Crippen LogP contribution in [0, 0.1) is 0 Å². The topological polar surface area (TPSA) is 28.6 Å². The van der Waals surface area contributed by atoms with E-state index in [9.17, 15) is 0 Å². The molecule has 0 amide bonds. The van der Waals surface area contributed by atoms with Gasteiger partial charge in [-0.2, -0.15) is 0 Å². The fraction of sp³-hybridized carbons (Fsp3) is 0.667. The van der Waals surface area contributed by atoms with Crippen molar-refractivity contribution in [3.05, 3.63) is 30.3 Å². The number of piperazine rings is 2. The first-order chi connectivity index (χ1) is 14.0. The zero-order chi connectivity index (χ0) is 20.9. The van der Waals surface area contributed by atoms with E-state index in [0.29, 0.717) is 0 Å². The van der Waals surface area contributed by atoms with Crippen molar-refractivity contribution in [3.63, 3.8) is 0 Å². The van der Waals surface area contributed by atoms with Crippen LogP contribution in [0.1, 0.15) is 13.8 Å². The molecule has 1 atom stereocenters. The van der Waals surface area contributed by atoms with E-state index in [1.807, 2.05) is 6.07 Å². The number of hydrogen-bond donors (Lipinski definition) is 0. The number of aliphatic imine (C=N–C) groups is 1. The molecule has 0 spiro atoms. The highest BCUT2D eigenvalue weighted by Crippen LogP contribution is 2.55. The predicted octanol–water partition coefficient (Wildman–Crippen LogP) is 2.82. The second kappa shape index (κ2) is 10.5. The molecule has 0 saturated carbocycles. The van der Waals surface area contributed by atoms with Crippen molar-refractivity contribution in [1.82, 2.24) is 24.0 Å². The Balaban J connectivity index is 1.96. The third-order valence-corrected chi connectivity index (χ3v) is 11.4. The number of para-hydroxylation sites is 1. The summed E-state index contributed by atoms with van der Waals surface area (Å²) in [6, 6.07) is 10.3. The van der Waals surface area contributed by atoms with Gasteiger partial charge in [0.15, 0.2) is 5.58 Å². The van der Waals surface area contributed by atoms with E-state index >= 15 is 0 Å². The van der Waals surface area contributed by atoms with Gasteiger partial charge in [-0.25, -0.2) is 4.99 Å². The number of rotatable bonds is 6. The lowest BCUT2D eigenvalue weighted by molar-refractivity contribution is 0.187. The van der Waals surface area contributed by atoms with Crippen LogP contribution in [0.5, 0.6) is 0 Å². The van der Waals surface area contributed by atoms with Gasteiger partial charge < -0.3 is 14.7 Å². The van der Waals surface area contributed by atoms with Crippen molar-refractivity contribution in [2.75, 3.05) is 79.5 Å². The van der Waals surface area contributed by atoms with E-state index in [0.717, 1.165) is 76.7 Å². The zero-order valence-corrected chi connectivity index (χ0v) is 20.2. The van der Waals surface area contributed by atoms with Gasteiger partial charge in [-0.05, 0) is 39.3 Å². The van der Waals surface area contributed by atoms with Gasteiger partial charge in [0.25, 0.3) is 0 Å². The predicted molar refractivity (Wildman–Crippen MR) is 129 cm³/mol. The molecule has 3 rings (SSSR count). The molecule has 0 radical (unpaired) electrons. The van der Waals surface area contributed by atoms with Crippen LogP contribution < -0.4 is 0 Å². The molecule has 1 unspecified atom stereocenters. The van der Waals surface area contributed by atoms with Crippen LogP contribution >= 0.6 is 6.34 Å². The van der Waals surface area contributed by atoms with Crippen LogP contribution in [0.3, 0.4) is 0 Å². The van der Waals surface area contributed by atoms with Gasteiger partial charge in [0, 0.05) is 52.4 Å². The molecule has 0 aromatic heterocycles. The van der Waals surface area contributed by atoms with E-state index in [1.165, 1.54) is 0 Å². The first kappa shape index (κ1) is 22.9. The Bertz CT molecular complexity index is 709. The Kier molecular flexibility index (Phi) is 8.25. The molecule has 0 bridgehead atoms. The zero-order valence-electron chi connectivity index (χ0n) is 18.5. The highest BCUT2D eigenvalue weighted by Gasteiger charge is 2.39. The fourth-order valence-corrected chi connectivity index (χ4v) is 7.70. The second-order valence-corrected chi connectivity index (χ2v) is 12.3. The molecule has 2 heterocycles. The summed E-state index contributed by atoms with van der Waals surface area (Å²) in [5, 5.41) is 0. The highest BCUT2D eigenvalue weighted by molar-refractivity contribution is 8.20. The van der Waals surface area contributed by atoms with Crippen molar-refractivity contribution < 1.29 is 0 Å². The summed E-state index contributed by atoms with van der Waals surface area (Å²) in [6.45, 7) is 15.1. The highest BCUT2D eigenvalue weighted by atomic mass is 32.4. The van der Waals surface area contributed by atoms with Gasteiger partial charge in [0.1, 0.15) is 6.34 Å². The number of nitrogens with zero attached hydrogens (tertiary/aromatic N) is 6. The maximum Gasteiger partial charge on any atom is 0.167 e. The molecule has 2 aliphatic rings. The standard InChI is InChI=1S/C21H37N6PS/c1-5-24-12-16-26(17-13-24)21(22-20-10-8-7-9-11-20)28(29,23(3)4)27-18-14-25(6-2)15-19-27/h7-11H,5-6,12-19H2,1-4H3. The first-order valence-corrected chi connectivity index (χ1v) is 13.6. The van der Waals surface area contributed by atoms with E-state index in [-0.39, 0.29) is 0 Å². The third-order valence-electron chi connectivity index (χ3n) is 6.07. The molecule has 8 heteroatoms. The van der Waals surface area contributed by atoms with Crippen LogP contribution in [0.4, 0.5) is 5.69 Å². The average molecular weight is 437 g/mol. The Labute approximate surface area is 182 Å². The number of amidine groups is 1. The van der Waals surface area contributed by atoms with Gasteiger partial charge in [0.05, 0.1) is 5.69 Å². The Morgan fingerprint density at radius 1 is 0.897 bits per heavy atom. The Morgan fingerprint density at radius 2 is 1.41 bits per heavy atom. The minimum Gasteiger partial charge on any atom is -0.351 e. The van der Waals surface area contributed by atoms with E-state index in [1.54, 1.807) is 0 Å². The lowest BCUT2D eigenvalue weighted by Crippen LogP contribution is -2.52. The molecule has 6 nitrogen and oxygen atoms in total. The molecule has 2 fully saturated rings. The van der Waals surface area contributed by atoms with Crippen LogP contribution in [0.2, 0.25) is 0 Å². The van der Waals surface area contributed by atoms with Gasteiger partial charge in [-0.3, -0.25) is 9.34 Å². The SMILES string of the molecule is CCN1CCN(C(=Nc2ccccc2)P(=S)(N(C)C)N2CCN(CC)CC2)CC1. The second-order valence-electron chi connectivity index (χ2n) is 7.95. The summed E-state index contributed by atoms with van der Waals surface area (Å²) in [4.78, 5) is 12.7. The lowest BCUT2D eigenvalue weighted by Gasteiger charge is -2.47. The van der Waals surface area contributed by atoms with Crippen molar-refractivity contribution >= 4 is 29.4 Å². The molecule has 2 saturated heterocycles. The van der Waals surface area contributed by atoms with Crippen molar-refractivity contribution in [2.24, 2.45) is 4.99 Å². The van der Waals surface area contributed by atoms with Crippen LogP contribution in [0.25, 0.3) is 0 Å². The van der Waals surface area contributed by atoms with E-state index in [2.05, 4.69) is 76.2 Å².